The van der Waals surface area contributed by atoms with Crippen LogP contribution < -0.4 is 14.4 Å². The van der Waals surface area contributed by atoms with Crippen molar-refractivity contribution in [2.75, 3.05) is 24.5 Å². The molecule has 0 radical (unpaired) electrons. The van der Waals surface area contributed by atoms with Gasteiger partial charge in [0.1, 0.15) is 18.3 Å². The maximum Gasteiger partial charge on any atom is 0.264 e. The van der Waals surface area contributed by atoms with Gasteiger partial charge in [-0.25, -0.2) is 8.42 Å². The first kappa shape index (κ1) is 28.7. The zero-order valence-corrected chi connectivity index (χ0v) is 23.1. The molecule has 0 heterocycles. The van der Waals surface area contributed by atoms with Gasteiger partial charge in [0.15, 0.2) is 0 Å². The summed E-state index contributed by atoms with van der Waals surface area (Å²) in [7, 11) is -2.62. The van der Waals surface area contributed by atoms with Gasteiger partial charge in [0.25, 0.3) is 10.0 Å². The van der Waals surface area contributed by atoms with Gasteiger partial charge in [-0.2, -0.15) is 0 Å². The maximum absolute atomic E-state index is 13.8. The van der Waals surface area contributed by atoms with Gasteiger partial charge in [-0.3, -0.25) is 13.9 Å². The van der Waals surface area contributed by atoms with Crippen molar-refractivity contribution in [3.05, 3.63) is 90.0 Å². The smallest absolute Gasteiger partial charge is 0.264 e. The monoisotopic (exact) mass is 537 g/mol. The van der Waals surface area contributed by atoms with Crippen molar-refractivity contribution in [1.29, 1.82) is 0 Å². The minimum absolute atomic E-state index is 0.0222. The van der Waals surface area contributed by atoms with Gasteiger partial charge in [0.2, 0.25) is 11.8 Å². The summed E-state index contributed by atoms with van der Waals surface area (Å²) in [6, 6.07) is 21.3. The van der Waals surface area contributed by atoms with Gasteiger partial charge in [0, 0.05) is 13.1 Å². The van der Waals surface area contributed by atoms with Crippen LogP contribution in [0.5, 0.6) is 5.75 Å². The number of para-hydroxylation sites is 1. The van der Waals surface area contributed by atoms with Crippen molar-refractivity contribution >= 4 is 27.5 Å². The summed E-state index contributed by atoms with van der Waals surface area (Å²) in [4.78, 5) is 28.2. The summed E-state index contributed by atoms with van der Waals surface area (Å²) in [5.41, 5.74) is 2.21. The van der Waals surface area contributed by atoms with E-state index in [9.17, 15) is 18.0 Å². The number of aryl methyl sites for hydroxylation is 1. The van der Waals surface area contributed by atoms with Gasteiger partial charge in [0.05, 0.1) is 17.7 Å². The fraction of sp³-hybridized carbons (Fsp3) is 0.310. The molecule has 3 aromatic carbocycles. The second-order valence-corrected chi connectivity index (χ2v) is 10.9. The van der Waals surface area contributed by atoms with Crippen molar-refractivity contribution in [2.24, 2.45) is 0 Å². The molecule has 1 unspecified atom stereocenters. The molecule has 8 nitrogen and oxygen atoms in total. The third-order valence-corrected chi connectivity index (χ3v) is 7.91. The number of methoxy groups -OCH3 is 1. The first-order chi connectivity index (χ1) is 18.2. The lowest BCUT2D eigenvalue weighted by Gasteiger charge is -2.32. The van der Waals surface area contributed by atoms with E-state index in [1.54, 1.807) is 49.4 Å². The zero-order valence-electron chi connectivity index (χ0n) is 22.3. The summed E-state index contributed by atoms with van der Waals surface area (Å²) < 4.78 is 33.8. The van der Waals surface area contributed by atoms with Crippen LogP contribution >= 0.6 is 0 Å². The zero-order chi connectivity index (χ0) is 27.7. The maximum atomic E-state index is 13.8. The van der Waals surface area contributed by atoms with Gasteiger partial charge in [-0.1, -0.05) is 55.0 Å². The van der Waals surface area contributed by atoms with Crippen LogP contribution in [0, 0.1) is 6.92 Å². The molecular formula is C29H35N3O5S. The number of hydrogen-bond acceptors (Lipinski definition) is 5. The first-order valence-corrected chi connectivity index (χ1v) is 14.0. The van der Waals surface area contributed by atoms with Crippen LogP contribution in [0.25, 0.3) is 0 Å². The van der Waals surface area contributed by atoms with Crippen molar-refractivity contribution in [2.45, 2.75) is 44.7 Å². The Bertz CT molecular complexity index is 1330. The van der Waals surface area contributed by atoms with Crippen molar-refractivity contribution in [1.82, 2.24) is 10.2 Å². The van der Waals surface area contributed by atoms with E-state index in [1.165, 1.54) is 24.1 Å². The van der Waals surface area contributed by atoms with Crippen LogP contribution in [0.4, 0.5) is 5.69 Å². The molecule has 9 heteroatoms. The number of sulfonamides is 1. The fourth-order valence-corrected chi connectivity index (χ4v) is 5.40. The SMILES string of the molecule is CCCNC(=O)C(C)N(Cc1cccc(C)c1)C(=O)CN(c1ccccc1)S(=O)(=O)c1ccc(OC)cc1. The molecule has 1 N–H and O–H groups in total. The van der Waals surface area contributed by atoms with Crippen molar-refractivity contribution in [3.63, 3.8) is 0 Å². The predicted octanol–water partition coefficient (Wildman–Crippen LogP) is 4.14. The quantitative estimate of drug-likeness (QED) is 0.375. The Hall–Kier alpha value is -3.85. The summed E-state index contributed by atoms with van der Waals surface area (Å²) in [5, 5.41) is 2.84. The highest BCUT2D eigenvalue weighted by molar-refractivity contribution is 7.92. The Balaban J connectivity index is 1.99. The molecule has 0 aliphatic heterocycles. The van der Waals surface area contributed by atoms with E-state index in [0.29, 0.717) is 18.0 Å². The van der Waals surface area contributed by atoms with E-state index in [4.69, 9.17) is 4.74 Å². The van der Waals surface area contributed by atoms with Gasteiger partial charge in [-0.05, 0) is 62.2 Å². The van der Waals surface area contributed by atoms with Crippen LogP contribution in [0.15, 0.2) is 83.8 Å². The Morgan fingerprint density at radius 1 is 0.974 bits per heavy atom. The summed E-state index contributed by atoms with van der Waals surface area (Å²) in [6.45, 7) is 5.72. The van der Waals surface area contributed by atoms with Crippen molar-refractivity contribution < 1.29 is 22.7 Å². The Kier molecular flexibility index (Phi) is 9.90. The number of nitrogens with zero attached hydrogens (tertiary/aromatic N) is 2. The molecule has 0 spiro atoms. The van der Waals surface area contributed by atoms with Crippen LogP contribution in [0.1, 0.15) is 31.4 Å². The molecule has 3 aromatic rings. The minimum atomic E-state index is -4.12. The lowest BCUT2D eigenvalue weighted by Crippen LogP contribution is -2.51. The van der Waals surface area contributed by atoms with Crippen LogP contribution in [0.3, 0.4) is 0 Å². The molecular weight excluding hydrogens is 502 g/mol. The average Bonchev–Trinajstić information content (AvgIpc) is 2.93. The second-order valence-electron chi connectivity index (χ2n) is 9.00. The standard InChI is InChI=1S/C29H35N3O5S/c1-5-18-30-29(34)23(3)31(20-24-11-9-10-22(2)19-24)28(33)21-32(25-12-7-6-8-13-25)38(35,36)27-16-14-26(37-4)15-17-27/h6-17,19,23H,5,18,20-21H2,1-4H3,(H,30,34). The summed E-state index contributed by atoms with van der Waals surface area (Å²) in [5.74, 6) is -0.272. The van der Waals surface area contributed by atoms with Crippen molar-refractivity contribution in [3.8, 4) is 5.75 Å². The highest BCUT2D eigenvalue weighted by Crippen LogP contribution is 2.25. The highest BCUT2D eigenvalue weighted by atomic mass is 32.2. The summed E-state index contributed by atoms with van der Waals surface area (Å²) in [6.07, 6.45) is 0.756. The first-order valence-electron chi connectivity index (χ1n) is 12.5. The largest absolute Gasteiger partial charge is 0.497 e. The number of rotatable bonds is 12. The minimum Gasteiger partial charge on any atom is -0.497 e. The van der Waals surface area contributed by atoms with E-state index < -0.39 is 28.5 Å². The normalized spacial score (nSPS) is 11.9. The fourth-order valence-electron chi connectivity index (χ4n) is 3.98. The molecule has 0 aromatic heterocycles. The molecule has 1 atom stereocenters. The molecule has 0 saturated carbocycles. The molecule has 0 fully saturated rings. The molecule has 0 saturated heterocycles. The Labute approximate surface area is 225 Å². The third-order valence-electron chi connectivity index (χ3n) is 6.12. The Morgan fingerprint density at radius 3 is 2.26 bits per heavy atom. The number of hydrogen-bond donors (Lipinski definition) is 1. The Morgan fingerprint density at radius 2 is 1.66 bits per heavy atom. The van der Waals surface area contributed by atoms with E-state index in [-0.39, 0.29) is 17.3 Å². The van der Waals surface area contributed by atoms with Crippen LogP contribution in [-0.2, 0) is 26.2 Å². The number of carbonyl (C=O) groups excluding carboxylic acids is 2. The van der Waals surface area contributed by atoms with E-state index >= 15 is 0 Å². The number of amides is 2. The van der Waals surface area contributed by atoms with Gasteiger partial charge in [-0.15, -0.1) is 0 Å². The molecule has 202 valence electrons. The lowest BCUT2D eigenvalue weighted by atomic mass is 10.1. The molecule has 38 heavy (non-hydrogen) atoms. The van der Waals surface area contributed by atoms with E-state index in [0.717, 1.165) is 21.9 Å². The molecule has 2 amide bonds. The molecule has 0 aliphatic carbocycles. The predicted molar refractivity (Wildman–Crippen MR) is 148 cm³/mol. The molecule has 0 bridgehead atoms. The number of benzene rings is 3. The molecule has 0 aliphatic rings. The lowest BCUT2D eigenvalue weighted by molar-refractivity contribution is -0.139. The van der Waals surface area contributed by atoms with Gasteiger partial charge >= 0.3 is 0 Å². The van der Waals surface area contributed by atoms with E-state index in [2.05, 4.69) is 5.32 Å². The number of nitrogens with one attached hydrogen (secondary N) is 1. The van der Waals surface area contributed by atoms with Gasteiger partial charge < -0.3 is 15.0 Å². The second kappa shape index (κ2) is 13.1. The number of anilines is 1. The van der Waals surface area contributed by atoms with Crippen LogP contribution in [-0.4, -0.2) is 51.4 Å². The summed E-state index contributed by atoms with van der Waals surface area (Å²) >= 11 is 0. The number of carbonyl (C=O) groups is 2. The highest BCUT2D eigenvalue weighted by Gasteiger charge is 2.32. The van der Waals surface area contributed by atoms with E-state index in [1.807, 2.05) is 38.1 Å². The topological polar surface area (TPSA) is 96.0 Å². The molecule has 3 rings (SSSR count). The average molecular weight is 538 g/mol. The third kappa shape index (κ3) is 7.13. The number of ether oxygens (including phenoxy) is 1. The van der Waals surface area contributed by atoms with Crippen LogP contribution in [0.2, 0.25) is 0 Å².